The fourth-order valence-electron chi connectivity index (χ4n) is 3.00. The van der Waals surface area contributed by atoms with Gasteiger partial charge in [-0.2, -0.15) is 0 Å². The number of allylic oxidation sites excluding steroid dienone is 1. The molecule has 1 fully saturated rings. The maximum Gasteiger partial charge on any atom is 0.142 e. The van der Waals surface area contributed by atoms with Crippen molar-refractivity contribution >= 4 is 0 Å². The van der Waals surface area contributed by atoms with Gasteiger partial charge in [0.05, 0.1) is 11.9 Å². The quantitative estimate of drug-likeness (QED) is 0.601. The Kier molecular flexibility index (Phi) is 6.77. The van der Waals surface area contributed by atoms with E-state index in [4.69, 9.17) is 0 Å². The number of unbranched alkanes of at least 4 members (excludes halogenated alkanes) is 1. The van der Waals surface area contributed by atoms with E-state index in [2.05, 4.69) is 11.8 Å². The zero-order chi connectivity index (χ0) is 16.7. The average Bonchev–Trinajstić information content (AvgIpc) is 2.54. The van der Waals surface area contributed by atoms with E-state index in [-0.39, 0.29) is 17.4 Å². The van der Waals surface area contributed by atoms with Gasteiger partial charge < -0.3 is 0 Å². The number of hydrogen-bond donors (Lipinski definition) is 0. The Hall–Kier alpha value is -1.69. The van der Waals surface area contributed by atoms with E-state index in [1.807, 2.05) is 6.92 Å². The van der Waals surface area contributed by atoms with Gasteiger partial charge in [0.2, 0.25) is 0 Å². The van der Waals surface area contributed by atoms with Gasteiger partial charge in [-0.25, -0.2) is 13.2 Å². The van der Waals surface area contributed by atoms with Crippen LogP contribution in [-0.2, 0) is 6.42 Å². The molecule has 1 aliphatic carbocycles. The van der Waals surface area contributed by atoms with Gasteiger partial charge in [-0.3, -0.25) is 0 Å². The second-order valence-corrected chi connectivity index (χ2v) is 6.24. The zero-order valence-electron chi connectivity index (χ0n) is 13.5. The van der Waals surface area contributed by atoms with Gasteiger partial charge in [0.15, 0.2) is 0 Å². The third kappa shape index (κ3) is 5.16. The van der Waals surface area contributed by atoms with Crippen LogP contribution in [-0.4, -0.2) is 0 Å². The van der Waals surface area contributed by atoms with Crippen molar-refractivity contribution in [1.82, 2.24) is 0 Å². The molecule has 0 bridgehead atoms. The molecule has 1 aliphatic rings. The van der Waals surface area contributed by atoms with Crippen molar-refractivity contribution in [2.24, 2.45) is 11.8 Å². The minimum atomic E-state index is -0.572. The van der Waals surface area contributed by atoms with Gasteiger partial charge in [-0.15, -0.1) is 0 Å². The molecule has 0 spiro atoms. The molecule has 0 heterocycles. The predicted molar refractivity (Wildman–Crippen MR) is 87.5 cm³/mol. The number of hydrogen-bond acceptors (Lipinski definition) is 0. The van der Waals surface area contributed by atoms with E-state index in [1.165, 1.54) is 12.1 Å². The molecular formula is C20H23F3. The third-order valence-corrected chi connectivity index (χ3v) is 4.44. The monoisotopic (exact) mass is 320 g/mol. The maximum atomic E-state index is 14.1. The SMILES string of the molecule is CCCCc1cc(F)c(C#C[C@H]2CC[C@H](C=CF)CC2)c(F)c1. The summed E-state index contributed by atoms with van der Waals surface area (Å²) in [6, 6.07) is 2.79. The maximum absolute atomic E-state index is 14.1. The standard InChI is InChI=1S/C20H23F3/c1-2-3-4-17-13-19(22)18(20(23)14-17)10-9-15-5-7-16(8-6-15)11-12-21/h11-16H,2-8H2,1H3/t15-,16-. The molecule has 0 aliphatic heterocycles. The molecule has 1 saturated carbocycles. The Morgan fingerprint density at radius 1 is 1.13 bits per heavy atom. The van der Waals surface area contributed by atoms with Crippen molar-refractivity contribution in [2.75, 3.05) is 0 Å². The topological polar surface area (TPSA) is 0 Å². The first kappa shape index (κ1) is 17.7. The van der Waals surface area contributed by atoms with Gasteiger partial charge in [0.25, 0.3) is 0 Å². The lowest BCUT2D eigenvalue weighted by atomic mass is 9.82. The minimum Gasteiger partial charge on any atom is -0.216 e. The van der Waals surface area contributed by atoms with Gasteiger partial charge >= 0.3 is 0 Å². The first-order chi connectivity index (χ1) is 11.1. The molecule has 0 amide bonds. The highest BCUT2D eigenvalue weighted by Gasteiger charge is 2.18. The van der Waals surface area contributed by atoms with Crippen molar-refractivity contribution in [2.45, 2.75) is 51.9 Å². The molecule has 124 valence electrons. The van der Waals surface area contributed by atoms with Crippen LogP contribution in [0.25, 0.3) is 0 Å². The first-order valence-corrected chi connectivity index (χ1v) is 8.40. The van der Waals surface area contributed by atoms with Gasteiger partial charge in [0.1, 0.15) is 11.6 Å². The van der Waals surface area contributed by atoms with E-state index >= 15 is 0 Å². The van der Waals surface area contributed by atoms with Crippen LogP contribution >= 0.6 is 0 Å². The summed E-state index contributed by atoms with van der Waals surface area (Å²) in [4.78, 5) is 0. The molecule has 2 rings (SSSR count). The van der Waals surface area contributed by atoms with Crippen LogP contribution in [0.3, 0.4) is 0 Å². The van der Waals surface area contributed by atoms with E-state index in [1.54, 1.807) is 6.08 Å². The molecule has 0 atom stereocenters. The lowest BCUT2D eigenvalue weighted by molar-refractivity contribution is 0.362. The minimum absolute atomic E-state index is 0.129. The van der Waals surface area contributed by atoms with Crippen LogP contribution in [0.4, 0.5) is 13.2 Å². The Bertz CT molecular complexity index is 576. The summed E-state index contributed by atoms with van der Waals surface area (Å²) < 4.78 is 40.3. The number of rotatable bonds is 4. The third-order valence-electron chi connectivity index (χ3n) is 4.44. The van der Waals surface area contributed by atoms with Crippen LogP contribution in [0.2, 0.25) is 0 Å². The normalized spacial score (nSPS) is 21.2. The van der Waals surface area contributed by atoms with E-state index < -0.39 is 11.6 Å². The highest BCUT2D eigenvalue weighted by Crippen LogP contribution is 2.29. The molecular weight excluding hydrogens is 297 g/mol. The van der Waals surface area contributed by atoms with Gasteiger partial charge in [0, 0.05) is 5.92 Å². The van der Waals surface area contributed by atoms with Crippen molar-refractivity contribution in [3.63, 3.8) is 0 Å². The van der Waals surface area contributed by atoms with E-state index in [9.17, 15) is 13.2 Å². The smallest absolute Gasteiger partial charge is 0.142 e. The first-order valence-electron chi connectivity index (χ1n) is 8.40. The summed E-state index contributed by atoms with van der Waals surface area (Å²) in [5.41, 5.74) is 0.557. The number of aryl methyl sites for hydroxylation is 1. The summed E-state index contributed by atoms with van der Waals surface area (Å²) >= 11 is 0. The second kappa shape index (κ2) is 8.82. The Morgan fingerprint density at radius 3 is 2.35 bits per heavy atom. The van der Waals surface area contributed by atoms with Gasteiger partial charge in [-0.1, -0.05) is 31.3 Å². The summed E-state index contributed by atoms with van der Waals surface area (Å²) in [7, 11) is 0. The molecule has 0 aromatic heterocycles. The summed E-state index contributed by atoms with van der Waals surface area (Å²) in [6.45, 7) is 2.05. The fraction of sp³-hybridized carbons (Fsp3) is 0.500. The van der Waals surface area contributed by atoms with Crippen LogP contribution < -0.4 is 0 Å². The lowest BCUT2D eigenvalue weighted by Gasteiger charge is -2.22. The van der Waals surface area contributed by atoms with E-state index in [0.717, 1.165) is 38.5 Å². The van der Waals surface area contributed by atoms with Crippen molar-refractivity contribution < 1.29 is 13.2 Å². The van der Waals surface area contributed by atoms with Crippen molar-refractivity contribution in [1.29, 1.82) is 0 Å². The molecule has 0 radical (unpaired) electrons. The Labute approximate surface area is 136 Å². The number of halogens is 3. The highest BCUT2D eigenvalue weighted by molar-refractivity contribution is 5.39. The Balaban J connectivity index is 2.04. The van der Waals surface area contributed by atoms with E-state index in [0.29, 0.717) is 18.3 Å². The van der Waals surface area contributed by atoms with Crippen LogP contribution in [0, 0.1) is 35.3 Å². The molecule has 0 saturated heterocycles. The second-order valence-electron chi connectivity index (χ2n) is 6.24. The lowest BCUT2D eigenvalue weighted by Crippen LogP contribution is -2.11. The fourth-order valence-corrected chi connectivity index (χ4v) is 3.00. The molecule has 0 N–H and O–H groups in total. The molecule has 0 unspecified atom stereocenters. The van der Waals surface area contributed by atoms with Gasteiger partial charge in [-0.05, 0) is 62.1 Å². The summed E-state index contributed by atoms with van der Waals surface area (Å²) in [5.74, 6) is 4.95. The largest absolute Gasteiger partial charge is 0.216 e. The molecule has 23 heavy (non-hydrogen) atoms. The number of benzene rings is 1. The van der Waals surface area contributed by atoms with Crippen LogP contribution in [0.5, 0.6) is 0 Å². The average molecular weight is 320 g/mol. The summed E-state index contributed by atoms with van der Waals surface area (Å²) in [5, 5.41) is 0. The predicted octanol–water partition coefficient (Wildman–Crippen LogP) is 5.95. The summed E-state index contributed by atoms with van der Waals surface area (Å²) in [6.07, 6.45) is 8.22. The molecule has 0 nitrogen and oxygen atoms in total. The van der Waals surface area contributed by atoms with Crippen molar-refractivity contribution in [3.05, 3.63) is 47.3 Å². The highest BCUT2D eigenvalue weighted by atomic mass is 19.1. The Morgan fingerprint density at radius 2 is 1.78 bits per heavy atom. The molecule has 1 aromatic carbocycles. The van der Waals surface area contributed by atoms with Crippen molar-refractivity contribution in [3.8, 4) is 11.8 Å². The van der Waals surface area contributed by atoms with Crippen LogP contribution in [0.15, 0.2) is 24.5 Å². The molecule has 1 aromatic rings. The zero-order valence-corrected chi connectivity index (χ0v) is 13.5. The molecule has 3 heteroatoms. The van der Waals surface area contributed by atoms with Crippen LogP contribution in [0.1, 0.15) is 56.6 Å².